The van der Waals surface area contributed by atoms with E-state index in [1.807, 2.05) is 18.2 Å². The van der Waals surface area contributed by atoms with Gasteiger partial charge in [0.05, 0.1) is 6.33 Å². The Morgan fingerprint density at radius 3 is 2.59 bits per heavy atom. The maximum absolute atomic E-state index is 13.1. The predicted octanol–water partition coefficient (Wildman–Crippen LogP) is 1.83. The molecule has 3 N–H and O–H groups in total. The molecule has 0 fully saturated rings. The normalized spacial score (nSPS) is 11.9. The Hall–Kier alpha value is -4.06. The fourth-order valence-electron chi connectivity index (χ4n) is 2.92. The first-order valence-electron chi connectivity index (χ1n) is 10.6. The van der Waals surface area contributed by atoms with Crippen molar-refractivity contribution in [2.45, 2.75) is 33.0 Å². The van der Waals surface area contributed by atoms with Gasteiger partial charge >= 0.3 is 12.2 Å². The maximum atomic E-state index is 13.1. The van der Waals surface area contributed by atoms with Crippen LogP contribution in [0.3, 0.4) is 0 Å². The standard InChI is InChI=1S/C22H27N7O5/c1-22(2,3)34-21(32)28(10-9-23)11-16(30)29-14-26-18-17(24-13-25-18)19(29)27-20(31)33-12-15-7-5-4-6-8-15/h4-8,13-14H,9-12,23H2,1-3H3,(H,24,25). The Morgan fingerprint density at radius 1 is 1.18 bits per heavy atom. The second-order valence-corrected chi connectivity index (χ2v) is 8.28. The van der Waals surface area contributed by atoms with Gasteiger partial charge in [-0.05, 0) is 26.3 Å². The Balaban J connectivity index is 1.88. The molecule has 0 aliphatic heterocycles. The number of carbonyl (C=O) groups is 3. The zero-order chi connectivity index (χ0) is 24.7. The average molecular weight is 470 g/mol. The molecule has 0 aliphatic carbocycles. The second kappa shape index (κ2) is 10.7. The number of nitrogens with zero attached hydrogens (tertiary/aromatic N) is 5. The summed E-state index contributed by atoms with van der Waals surface area (Å²) in [5.41, 5.74) is 6.10. The van der Waals surface area contributed by atoms with Crippen LogP contribution in [-0.4, -0.2) is 67.7 Å². The molecule has 0 saturated heterocycles. The molecule has 0 atom stereocenters. The highest BCUT2D eigenvalue weighted by Gasteiger charge is 2.25. The molecule has 180 valence electrons. The first-order valence-corrected chi connectivity index (χ1v) is 10.6. The number of amides is 2. The number of imidazole rings is 1. The zero-order valence-electron chi connectivity index (χ0n) is 19.2. The van der Waals surface area contributed by atoms with Crippen LogP contribution in [0.5, 0.6) is 0 Å². The summed E-state index contributed by atoms with van der Waals surface area (Å²) in [6.45, 7) is 5.00. The van der Waals surface area contributed by atoms with Crippen LogP contribution < -0.4 is 11.2 Å². The van der Waals surface area contributed by atoms with Crippen LogP contribution in [0.4, 0.5) is 9.59 Å². The van der Waals surface area contributed by atoms with Crippen molar-refractivity contribution in [3.63, 3.8) is 0 Å². The van der Waals surface area contributed by atoms with E-state index in [0.29, 0.717) is 0 Å². The summed E-state index contributed by atoms with van der Waals surface area (Å²) >= 11 is 0. The van der Waals surface area contributed by atoms with Crippen LogP contribution in [-0.2, 0) is 16.1 Å². The van der Waals surface area contributed by atoms with Crippen LogP contribution in [0.1, 0.15) is 31.1 Å². The van der Waals surface area contributed by atoms with Crippen LogP contribution in [0, 0.1) is 0 Å². The van der Waals surface area contributed by atoms with Crippen LogP contribution in [0.15, 0.2) is 48.0 Å². The summed E-state index contributed by atoms with van der Waals surface area (Å²) in [6, 6.07) is 9.10. The lowest BCUT2D eigenvalue weighted by molar-refractivity contribution is 0.0243. The van der Waals surface area contributed by atoms with E-state index >= 15 is 0 Å². The highest BCUT2D eigenvalue weighted by Crippen LogP contribution is 2.10. The van der Waals surface area contributed by atoms with Gasteiger partial charge in [0.1, 0.15) is 30.6 Å². The van der Waals surface area contributed by atoms with Crippen molar-refractivity contribution in [2.75, 3.05) is 19.6 Å². The monoisotopic (exact) mass is 469 g/mol. The van der Waals surface area contributed by atoms with Gasteiger partial charge in [-0.15, -0.1) is 0 Å². The van der Waals surface area contributed by atoms with E-state index in [1.165, 1.54) is 17.6 Å². The summed E-state index contributed by atoms with van der Waals surface area (Å²) in [4.78, 5) is 54.2. The van der Waals surface area contributed by atoms with Crippen molar-refractivity contribution in [3.05, 3.63) is 54.0 Å². The fourth-order valence-corrected chi connectivity index (χ4v) is 2.92. The first-order chi connectivity index (χ1) is 16.2. The van der Waals surface area contributed by atoms with E-state index in [9.17, 15) is 14.4 Å². The van der Waals surface area contributed by atoms with Crippen LogP contribution in [0.2, 0.25) is 0 Å². The van der Waals surface area contributed by atoms with E-state index in [4.69, 9.17) is 15.2 Å². The third-order valence-electron chi connectivity index (χ3n) is 4.41. The number of hydrogen-bond donors (Lipinski definition) is 2. The summed E-state index contributed by atoms with van der Waals surface area (Å²) in [5, 5.41) is 0. The molecule has 2 amide bonds. The topological polar surface area (TPSA) is 158 Å². The summed E-state index contributed by atoms with van der Waals surface area (Å²) < 4.78 is 11.6. The van der Waals surface area contributed by atoms with Gasteiger partial charge in [-0.1, -0.05) is 30.3 Å². The molecule has 0 aliphatic rings. The average Bonchev–Trinajstić information content (AvgIpc) is 3.26. The maximum Gasteiger partial charge on any atom is 0.436 e. The lowest BCUT2D eigenvalue weighted by Gasteiger charge is -2.26. The van der Waals surface area contributed by atoms with Gasteiger partial charge in [0.25, 0.3) is 5.91 Å². The number of aromatic nitrogens is 4. The SMILES string of the molecule is CC(C)(C)OC(=O)N(CCN)CC(=O)n1cnc2nc[nH]c2c1=NC(=O)OCc1ccccc1. The number of H-pyrrole nitrogens is 1. The highest BCUT2D eigenvalue weighted by molar-refractivity contribution is 5.86. The number of carbonyl (C=O) groups excluding carboxylic acids is 3. The van der Waals surface area contributed by atoms with Gasteiger partial charge < -0.3 is 20.2 Å². The number of nitrogens with one attached hydrogen (secondary N) is 1. The number of hydrogen-bond acceptors (Lipinski definition) is 8. The minimum atomic E-state index is -0.904. The van der Waals surface area contributed by atoms with Crippen LogP contribution >= 0.6 is 0 Å². The molecule has 0 bridgehead atoms. The van der Waals surface area contributed by atoms with Crippen molar-refractivity contribution in [1.82, 2.24) is 24.4 Å². The smallest absolute Gasteiger partial charge is 0.436 e. The molecule has 0 saturated carbocycles. The molecular weight excluding hydrogens is 442 g/mol. The summed E-state index contributed by atoms with van der Waals surface area (Å²) in [5.74, 6) is -0.585. The second-order valence-electron chi connectivity index (χ2n) is 8.28. The third kappa shape index (κ3) is 6.48. The predicted molar refractivity (Wildman–Crippen MR) is 122 cm³/mol. The molecule has 0 spiro atoms. The van der Waals surface area contributed by atoms with Crippen molar-refractivity contribution in [3.8, 4) is 0 Å². The lowest BCUT2D eigenvalue weighted by atomic mass is 10.2. The fraction of sp³-hybridized carbons (Fsp3) is 0.364. The Labute approximate surface area is 195 Å². The Morgan fingerprint density at radius 2 is 1.91 bits per heavy atom. The summed E-state index contributed by atoms with van der Waals surface area (Å²) in [7, 11) is 0. The molecule has 3 rings (SSSR count). The van der Waals surface area contributed by atoms with Gasteiger partial charge in [0.15, 0.2) is 11.1 Å². The van der Waals surface area contributed by atoms with E-state index in [-0.39, 0.29) is 42.9 Å². The number of benzene rings is 1. The number of aromatic amines is 1. The van der Waals surface area contributed by atoms with Gasteiger partial charge in [0, 0.05) is 13.1 Å². The van der Waals surface area contributed by atoms with Crippen LogP contribution in [0.25, 0.3) is 11.2 Å². The van der Waals surface area contributed by atoms with Gasteiger partial charge in [-0.2, -0.15) is 4.99 Å². The van der Waals surface area contributed by atoms with Gasteiger partial charge in [0.2, 0.25) is 0 Å². The number of rotatable bonds is 6. The number of ether oxygens (including phenoxy) is 2. The van der Waals surface area contributed by atoms with Crippen molar-refractivity contribution in [1.29, 1.82) is 0 Å². The minimum absolute atomic E-state index is 0.0112. The number of fused-ring (bicyclic) bond motifs is 1. The molecule has 2 aromatic heterocycles. The number of nitrogens with two attached hydrogens (primary N) is 1. The van der Waals surface area contributed by atoms with Crippen molar-refractivity contribution in [2.24, 2.45) is 10.7 Å². The molecule has 2 heterocycles. The lowest BCUT2D eigenvalue weighted by Crippen LogP contribution is -2.45. The molecule has 0 radical (unpaired) electrons. The molecule has 0 unspecified atom stereocenters. The molecule has 12 nitrogen and oxygen atoms in total. The van der Waals surface area contributed by atoms with E-state index in [1.54, 1.807) is 32.9 Å². The molecule has 1 aromatic carbocycles. The van der Waals surface area contributed by atoms with E-state index in [2.05, 4.69) is 19.9 Å². The highest BCUT2D eigenvalue weighted by atomic mass is 16.6. The Bertz CT molecular complexity index is 1230. The first kappa shape index (κ1) is 24.6. The van der Waals surface area contributed by atoms with Crippen molar-refractivity contribution >= 4 is 29.3 Å². The molecule has 34 heavy (non-hydrogen) atoms. The molecule has 12 heteroatoms. The molecular formula is C22H27N7O5. The quantitative estimate of drug-likeness (QED) is 0.553. The zero-order valence-corrected chi connectivity index (χ0v) is 19.2. The van der Waals surface area contributed by atoms with E-state index in [0.717, 1.165) is 10.1 Å². The largest absolute Gasteiger partial charge is 0.444 e. The van der Waals surface area contributed by atoms with E-state index < -0.39 is 23.7 Å². The van der Waals surface area contributed by atoms with Gasteiger partial charge in [-0.3, -0.25) is 14.3 Å². The van der Waals surface area contributed by atoms with Crippen molar-refractivity contribution < 1.29 is 23.9 Å². The Kier molecular flexibility index (Phi) is 7.74. The third-order valence-corrected chi connectivity index (χ3v) is 4.41. The summed E-state index contributed by atoms with van der Waals surface area (Å²) in [6.07, 6.45) is 0.953. The molecule has 3 aromatic rings. The minimum Gasteiger partial charge on any atom is -0.444 e. The van der Waals surface area contributed by atoms with Gasteiger partial charge in [-0.25, -0.2) is 19.6 Å².